The second kappa shape index (κ2) is 6.81. The predicted molar refractivity (Wildman–Crippen MR) is 83.8 cm³/mol. The molecular formula is C14H14BrClN2O2. The van der Waals surface area contributed by atoms with Crippen molar-refractivity contribution < 1.29 is 9.47 Å². The van der Waals surface area contributed by atoms with Gasteiger partial charge in [-0.15, -0.1) is 0 Å². The van der Waals surface area contributed by atoms with Crippen LogP contribution in [0.1, 0.15) is 5.56 Å². The fourth-order valence-electron chi connectivity index (χ4n) is 1.81. The zero-order chi connectivity index (χ0) is 14.5. The summed E-state index contributed by atoms with van der Waals surface area (Å²) in [6.07, 6.45) is 1.68. The Morgan fingerprint density at radius 2 is 2.10 bits per heavy atom. The highest BCUT2D eigenvalue weighted by Gasteiger charge is 2.09. The molecule has 1 aromatic heterocycles. The first kappa shape index (κ1) is 14.9. The molecule has 20 heavy (non-hydrogen) atoms. The molecule has 1 heterocycles. The molecule has 4 nitrogen and oxygen atoms in total. The molecule has 2 aromatic rings. The fraction of sp³-hybridized carbons (Fsp3) is 0.214. The monoisotopic (exact) mass is 356 g/mol. The predicted octanol–water partition coefficient (Wildman–Crippen LogP) is 4.13. The Labute approximate surface area is 131 Å². The molecule has 0 bridgehead atoms. The molecule has 1 N–H and O–H groups in total. The molecule has 0 spiro atoms. The maximum Gasteiger partial charge on any atom is 0.165 e. The van der Waals surface area contributed by atoms with Gasteiger partial charge in [0.1, 0.15) is 5.15 Å². The first-order chi connectivity index (χ1) is 9.65. The summed E-state index contributed by atoms with van der Waals surface area (Å²) in [7, 11) is 3.25. The molecule has 0 amide bonds. The van der Waals surface area contributed by atoms with Crippen LogP contribution >= 0.6 is 27.5 Å². The minimum absolute atomic E-state index is 0.439. The number of aromatic nitrogens is 1. The number of methoxy groups -OCH3 is 2. The van der Waals surface area contributed by atoms with Gasteiger partial charge in [0.25, 0.3) is 0 Å². The molecule has 0 radical (unpaired) electrons. The van der Waals surface area contributed by atoms with Crippen LogP contribution in [0.2, 0.25) is 5.15 Å². The van der Waals surface area contributed by atoms with Gasteiger partial charge in [-0.3, -0.25) is 0 Å². The van der Waals surface area contributed by atoms with Gasteiger partial charge >= 0.3 is 0 Å². The van der Waals surface area contributed by atoms with Crippen molar-refractivity contribution in [3.05, 3.63) is 45.7 Å². The largest absolute Gasteiger partial charge is 0.493 e. The second-order valence-corrected chi connectivity index (χ2v) is 5.22. The first-order valence-corrected chi connectivity index (χ1v) is 7.07. The number of benzene rings is 1. The number of ether oxygens (including phenoxy) is 2. The van der Waals surface area contributed by atoms with Gasteiger partial charge in [0.15, 0.2) is 11.5 Å². The van der Waals surface area contributed by atoms with E-state index in [1.807, 2.05) is 24.3 Å². The maximum atomic E-state index is 5.86. The van der Waals surface area contributed by atoms with Crippen molar-refractivity contribution in [1.29, 1.82) is 0 Å². The Balaban J connectivity index is 2.16. The highest BCUT2D eigenvalue weighted by molar-refractivity contribution is 9.10. The van der Waals surface area contributed by atoms with Gasteiger partial charge < -0.3 is 14.8 Å². The Kier molecular flexibility index (Phi) is 5.09. The van der Waals surface area contributed by atoms with Crippen molar-refractivity contribution in [2.75, 3.05) is 19.5 Å². The molecule has 0 atom stereocenters. The topological polar surface area (TPSA) is 43.4 Å². The van der Waals surface area contributed by atoms with E-state index in [2.05, 4.69) is 26.2 Å². The molecular weight excluding hydrogens is 344 g/mol. The SMILES string of the molecule is COc1cccc(CNc2cnc(Cl)c(Br)c2)c1OC. The highest BCUT2D eigenvalue weighted by Crippen LogP contribution is 2.31. The van der Waals surface area contributed by atoms with Crippen LogP contribution in [0.3, 0.4) is 0 Å². The quantitative estimate of drug-likeness (QED) is 0.817. The van der Waals surface area contributed by atoms with E-state index in [0.29, 0.717) is 17.4 Å². The van der Waals surface area contributed by atoms with Gasteiger partial charge in [0.05, 0.1) is 30.6 Å². The third-order valence-electron chi connectivity index (χ3n) is 2.76. The van der Waals surface area contributed by atoms with Crippen LogP contribution in [0.15, 0.2) is 34.9 Å². The molecule has 1 aromatic carbocycles. The molecule has 6 heteroatoms. The minimum atomic E-state index is 0.439. The van der Waals surface area contributed by atoms with Crippen LogP contribution in [0.4, 0.5) is 5.69 Å². The van der Waals surface area contributed by atoms with E-state index >= 15 is 0 Å². The zero-order valence-electron chi connectivity index (χ0n) is 11.1. The molecule has 0 aliphatic rings. The minimum Gasteiger partial charge on any atom is -0.493 e. The number of rotatable bonds is 5. The molecule has 2 rings (SSSR count). The maximum absolute atomic E-state index is 5.86. The summed E-state index contributed by atoms with van der Waals surface area (Å²) in [6, 6.07) is 7.64. The number of pyridine rings is 1. The van der Waals surface area contributed by atoms with E-state index in [1.165, 1.54) is 0 Å². The molecule has 0 unspecified atom stereocenters. The Morgan fingerprint density at radius 3 is 2.75 bits per heavy atom. The van der Waals surface area contributed by atoms with Crippen molar-refractivity contribution in [2.24, 2.45) is 0 Å². The smallest absolute Gasteiger partial charge is 0.165 e. The third kappa shape index (κ3) is 3.35. The van der Waals surface area contributed by atoms with Gasteiger partial charge in [-0.05, 0) is 28.1 Å². The summed E-state index contributed by atoms with van der Waals surface area (Å²) in [5.41, 5.74) is 1.86. The number of anilines is 1. The number of nitrogens with one attached hydrogen (secondary N) is 1. The van der Waals surface area contributed by atoms with Gasteiger partial charge in [-0.1, -0.05) is 23.7 Å². The van der Waals surface area contributed by atoms with E-state index in [1.54, 1.807) is 20.4 Å². The third-order valence-corrected chi connectivity index (χ3v) is 3.90. The van der Waals surface area contributed by atoms with Crippen LogP contribution in [-0.4, -0.2) is 19.2 Å². The van der Waals surface area contributed by atoms with Crippen molar-refractivity contribution in [3.63, 3.8) is 0 Å². The Hall–Kier alpha value is -1.46. The molecule has 0 fully saturated rings. The number of nitrogens with zero attached hydrogens (tertiary/aromatic N) is 1. The molecule has 106 valence electrons. The lowest BCUT2D eigenvalue weighted by atomic mass is 10.2. The van der Waals surface area contributed by atoms with Crippen molar-refractivity contribution in [2.45, 2.75) is 6.54 Å². The van der Waals surface area contributed by atoms with Gasteiger partial charge in [-0.25, -0.2) is 4.98 Å². The van der Waals surface area contributed by atoms with Crippen LogP contribution < -0.4 is 14.8 Å². The molecule has 0 saturated heterocycles. The average molecular weight is 358 g/mol. The van der Waals surface area contributed by atoms with Crippen molar-refractivity contribution in [3.8, 4) is 11.5 Å². The number of hydrogen-bond acceptors (Lipinski definition) is 4. The summed E-state index contributed by atoms with van der Waals surface area (Å²) in [5.74, 6) is 1.44. The fourth-order valence-corrected chi connectivity index (χ4v) is 2.26. The Bertz CT molecular complexity index is 608. The Morgan fingerprint density at radius 1 is 1.30 bits per heavy atom. The average Bonchev–Trinajstić information content (AvgIpc) is 2.47. The standard InChI is InChI=1S/C14H14BrClN2O2/c1-19-12-5-3-4-9(13(12)20-2)7-17-10-6-11(15)14(16)18-8-10/h3-6,8,17H,7H2,1-2H3. The van der Waals surface area contributed by atoms with Crippen LogP contribution in [0, 0.1) is 0 Å². The highest BCUT2D eigenvalue weighted by atomic mass is 79.9. The lowest BCUT2D eigenvalue weighted by molar-refractivity contribution is 0.352. The lowest BCUT2D eigenvalue weighted by Gasteiger charge is -2.13. The van der Waals surface area contributed by atoms with Gasteiger partial charge in [0, 0.05) is 12.1 Å². The van der Waals surface area contributed by atoms with E-state index in [4.69, 9.17) is 21.1 Å². The zero-order valence-corrected chi connectivity index (χ0v) is 13.5. The van der Waals surface area contributed by atoms with Crippen LogP contribution in [0.25, 0.3) is 0 Å². The van der Waals surface area contributed by atoms with E-state index in [0.717, 1.165) is 21.5 Å². The van der Waals surface area contributed by atoms with E-state index in [9.17, 15) is 0 Å². The van der Waals surface area contributed by atoms with E-state index in [-0.39, 0.29) is 0 Å². The number of halogens is 2. The number of hydrogen-bond donors (Lipinski definition) is 1. The summed E-state index contributed by atoms with van der Waals surface area (Å²) in [4.78, 5) is 4.07. The van der Waals surface area contributed by atoms with Crippen molar-refractivity contribution in [1.82, 2.24) is 4.98 Å². The van der Waals surface area contributed by atoms with Gasteiger partial charge in [0.2, 0.25) is 0 Å². The number of para-hydroxylation sites is 1. The summed E-state index contributed by atoms with van der Waals surface area (Å²) >= 11 is 9.21. The second-order valence-electron chi connectivity index (χ2n) is 4.00. The summed E-state index contributed by atoms with van der Waals surface area (Å²) in [6.45, 7) is 0.593. The van der Waals surface area contributed by atoms with Crippen LogP contribution in [0.5, 0.6) is 11.5 Å². The summed E-state index contributed by atoms with van der Waals surface area (Å²) < 4.78 is 11.4. The lowest BCUT2D eigenvalue weighted by Crippen LogP contribution is -2.03. The molecule has 0 aliphatic carbocycles. The molecule has 0 saturated carbocycles. The van der Waals surface area contributed by atoms with E-state index < -0.39 is 0 Å². The molecule has 0 aliphatic heterocycles. The first-order valence-electron chi connectivity index (χ1n) is 5.90. The van der Waals surface area contributed by atoms with Crippen LogP contribution in [-0.2, 0) is 6.54 Å². The van der Waals surface area contributed by atoms with Gasteiger partial charge in [-0.2, -0.15) is 0 Å². The summed E-state index contributed by atoms with van der Waals surface area (Å²) in [5, 5.41) is 3.71. The normalized spacial score (nSPS) is 10.2. The van der Waals surface area contributed by atoms with Crippen molar-refractivity contribution >= 4 is 33.2 Å².